The minimum absolute atomic E-state index is 0.126. The summed E-state index contributed by atoms with van der Waals surface area (Å²) in [5.74, 6) is -0.252. The first-order chi connectivity index (χ1) is 24.8. The molecule has 0 saturated heterocycles. The van der Waals surface area contributed by atoms with Crippen LogP contribution in [0.25, 0.3) is 44.1 Å². The monoisotopic (exact) mass is 636 g/mol. The molecule has 232 valence electrons. The second-order valence-electron chi connectivity index (χ2n) is 13.3. The van der Waals surface area contributed by atoms with Crippen molar-refractivity contribution in [1.29, 1.82) is 0 Å². The summed E-state index contributed by atoms with van der Waals surface area (Å²) in [4.78, 5) is 22.3. The lowest BCUT2D eigenvalue weighted by Crippen LogP contribution is -2.20. The summed E-state index contributed by atoms with van der Waals surface area (Å²) >= 11 is 0. The summed E-state index contributed by atoms with van der Waals surface area (Å²) in [5, 5.41) is 2.08. The Labute approximate surface area is 289 Å². The van der Waals surface area contributed by atoms with Crippen molar-refractivity contribution >= 4 is 44.6 Å². The number of fused-ring (bicyclic) bond motifs is 10. The van der Waals surface area contributed by atoms with Crippen LogP contribution >= 0.6 is 0 Å². The number of benzene rings is 6. The quantitative estimate of drug-likeness (QED) is 0.190. The number of hydrogen-bond donors (Lipinski definition) is 0. The second kappa shape index (κ2) is 10.5. The first-order valence-electron chi connectivity index (χ1n) is 17.1. The maximum atomic E-state index is 5.72. The van der Waals surface area contributed by atoms with Gasteiger partial charge >= 0.3 is 0 Å². The van der Waals surface area contributed by atoms with E-state index in [2.05, 4.69) is 146 Å². The van der Waals surface area contributed by atoms with Crippen LogP contribution in [0.1, 0.15) is 45.5 Å². The highest BCUT2D eigenvalue weighted by atomic mass is 14.9. The van der Waals surface area contributed by atoms with Gasteiger partial charge in [-0.15, -0.1) is 0 Å². The summed E-state index contributed by atoms with van der Waals surface area (Å²) in [6, 6.07) is 55.9. The smallest absolute Gasteiger partial charge is 0.112 e. The van der Waals surface area contributed by atoms with Gasteiger partial charge in [-0.25, -0.2) is 20.0 Å². The summed E-state index contributed by atoms with van der Waals surface area (Å²) < 4.78 is 0. The van der Waals surface area contributed by atoms with Crippen molar-refractivity contribution in [2.45, 2.75) is 11.8 Å². The standard InChI is InChI=1S/C46H28N4/c1-11-23-37-27(13-1)25-39-43(47-37)45(41-33-19-7-3-15-29(33)30-16-4-8-20-34(30)41)50-40-26-28-14-2-12-24-38(28)48-44(40)46(49-39)42-35-21-9-5-17-31(35)32-18-6-10-22-36(32)42/h1-26,41-42H. The number of aliphatic imine (C=N–C) groups is 2. The fourth-order valence-electron chi connectivity index (χ4n) is 8.43. The molecular formula is C46H28N4. The molecule has 0 spiro atoms. The van der Waals surface area contributed by atoms with E-state index in [0.717, 1.165) is 56.0 Å². The van der Waals surface area contributed by atoms with Crippen molar-refractivity contribution in [1.82, 2.24) is 9.97 Å². The molecule has 2 aliphatic carbocycles. The van der Waals surface area contributed by atoms with Gasteiger partial charge in [-0.2, -0.15) is 0 Å². The van der Waals surface area contributed by atoms with Gasteiger partial charge in [0.05, 0.1) is 45.7 Å². The van der Waals surface area contributed by atoms with Crippen molar-refractivity contribution in [2.75, 3.05) is 0 Å². The Morgan fingerprint density at radius 3 is 1.04 bits per heavy atom. The average molecular weight is 637 g/mol. The van der Waals surface area contributed by atoms with Gasteiger partial charge in [-0.1, -0.05) is 133 Å². The fraction of sp³-hybridized carbons (Fsp3) is 0.0435. The molecule has 11 rings (SSSR count). The Morgan fingerprint density at radius 1 is 0.340 bits per heavy atom. The average Bonchev–Trinajstić information content (AvgIpc) is 3.68. The molecule has 1 aliphatic heterocycles. The third-order valence-electron chi connectivity index (χ3n) is 10.6. The zero-order valence-corrected chi connectivity index (χ0v) is 27.0. The molecule has 8 aromatic rings. The van der Waals surface area contributed by atoms with Gasteiger partial charge in [0.1, 0.15) is 11.4 Å². The van der Waals surface area contributed by atoms with Crippen LogP contribution in [-0.4, -0.2) is 21.4 Å². The van der Waals surface area contributed by atoms with Crippen LogP contribution in [0, 0.1) is 0 Å². The van der Waals surface area contributed by atoms with Crippen molar-refractivity contribution in [3.8, 4) is 22.3 Å². The predicted molar refractivity (Wildman–Crippen MR) is 203 cm³/mol. The summed E-state index contributed by atoms with van der Waals surface area (Å²) in [7, 11) is 0. The zero-order valence-electron chi connectivity index (χ0n) is 27.0. The molecule has 0 saturated carbocycles. The van der Waals surface area contributed by atoms with E-state index < -0.39 is 0 Å². The fourth-order valence-corrected chi connectivity index (χ4v) is 8.43. The highest BCUT2D eigenvalue weighted by Crippen LogP contribution is 2.51. The summed E-state index contributed by atoms with van der Waals surface area (Å²) in [6.45, 7) is 0. The van der Waals surface area contributed by atoms with E-state index in [9.17, 15) is 0 Å². The van der Waals surface area contributed by atoms with Crippen molar-refractivity contribution < 1.29 is 0 Å². The topological polar surface area (TPSA) is 50.5 Å². The number of rotatable bonds is 2. The molecular weight excluding hydrogens is 609 g/mol. The Hall–Kier alpha value is -6.52. The molecule has 0 N–H and O–H groups in total. The van der Waals surface area contributed by atoms with Crippen LogP contribution in [0.4, 0.5) is 11.4 Å². The lowest BCUT2D eigenvalue weighted by molar-refractivity contribution is 1.08. The molecule has 3 heterocycles. The Kier molecular flexibility index (Phi) is 5.75. The molecule has 50 heavy (non-hydrogen) atoms. The number of nitrogens with zero attached hydrogens (tertiary/aromatic N) is 4. The SMILES string of the molecule is c1ccc2c(c1)-c1ccccc1C2C1=Nc2cc3ccccc3nc2C(C2c3ccccc3-c3ccccc32)=Nc2cc3ccccc3nc21. The van der Waals surface area contributed by atoms with Crippen LogP contribution in [0.15, 0.2) is 168 Å². The van der Waals surface area contributed by atoms with Crippen LogP contribution in [-0.2, 0) is 0 Å². The maximum absolute atomic E-state index is 5.72. The van der Waals surface area contributed by atoms with E-state index >= 15 is 0 Å². The molecule has 4 heteroatoms. The van der Waals surface area contributed by atoms with Gasteiger partial charge in [-0.05, 0) is 68.8 Å². The van der Waals surface area contributed by atoms with Crippen LogP contribution < -0.4 is 0 Å². The molecule has 2 aromatic heterocycles. The van der Waals surface area contributed by atoms with E-state index in [1.54, 1.807) is 0 Å². The third kappa shape index (κ3) is 3.93. The minimum atomic E-state index is -0.126. The number of aromatic nitrogens is 2. The zero-order chi connectivity index (χ0) is 32.8. The van der Waals surface area contributed by atoms with Gasteiger partial charge < -0.3 is 0 Å². The molecule has 6 aromatic carbocycles. The molecule has 0 bridgehead atoms. The van der Waals surface area contributed by atoms with Crippen LogP contribution in [0.2, 0.25) is 0 Å². The molecule has 0 radical (unpaired) electrons. The van der Waals surface area contributed by atoms with Gasteiger partial charge in [0.15, 0.2) is 0 Å². The van der Waals surface area contributed by atoms with E-state index in [0.29, 0.717) is 0 Å². The normalized spacial score (nSPS) is 14.5. The van der Waals surface area contributed by atoms with Gasteiger partial charge in [0.2, 0.25) is 0 Å². The van der Waals surface area contributed by atoms with Crippen LogP contribution in [0.3, 0.4) is 0 Å². The number of para-hydroxylation sites is 2. The number of hydrogen-bond acceptors (Lipinski definition) is 4. The van der Waals surface area contributed by atoms with E-state index in [1.165, 1.54) is 44.5 Å². The van der Waals surface area contributed by atoms with Gasteiger partial charge in [0.25, 0.3) is 0 Å². The van der Waals surface area contributed by atoms with Crippen molar-refractivity contribution in [3.05, 3.63) is 191 Å². The van der Waals surface area contributed by atoms with Crippen molar-refractivity contribution in [2.24, 2.45) is 9.98 Å². The van der Waals surface area contributed by atoms with Gasteiger partial charge in [-0.3, -0.25) is 0 Å². The molecule has 0 fully saturated rings. The third-order valence-corrected chi connectivity index (χ3v) is 10.6. The lowest BCUT2D eigenvalue weighted by Gasteiger charge is -2.24. The summed E-state index contributed by atoms with van der Waals surface area (Å²) in [5.41, 5.74) is 16.7. The molecule has 0 atom stereocenters. The number of pyridine rings is 2. The Balaban J connectivity index is 1.27. The molecule has 4 nitrogen and oxygen atoms in total. The van der Waals surface area contributed by atoms with E-state index in [-0.39, 0.29) is 11.8 Å². The lowest BCUT2D eigenvalue weighted by atomic mass is 9.86. The minimum Gasteiger partial charge on any atom is -0.248 e. The van der Waals surface area contributed by atoms with Crippen molar-refractivity contribution in [3.63, 3.8) is 0 Å². The van der Waals surface area contributed by atoms with E-state index in [1.807, 2.05) is 12.1 Å². The Bertz CT molecular complexity index is 2510. The van der Waals surface area contributed by atoms with Gasteiger partial charge in [0, 0.05) is 10.8 Å². The highest BCUT2D eigenvalue weighted by molar-refractivity contribution is 6.20. The van der Waals surface area contributed by atoms with E-state index in [4.69, 9.17) is 20.0 Å². The summed E-state index contributed by atoms with van der Waals surface area (Å²) in [6.07, 6.45) is 0. The first-order valence-corrected chi connectivity index (χ1v) is 17.1. The molecule has 3 aliphatic rings. The Morgan fingerprint density at radius 2 is 0.660 bits per heavy atom. The first kappa shape index (κ1) is 27.4. The van der Waals surface area contributed by atoms with Crippen LogP contribution in [0.5, 0.6) is 0 Å². The predicted octanol–water partition coefficient (Wildman–Crippen LogP) is 11.0. The molecule has 0 unspecified atom stereocenters. The highest BCUT2D eigenvalue weighted by Gasteiger charge is 2.38. The molecule has 0 amide bonds. The largest absolute Gasteiger partial charge is 0.248 e. The maximum Gasteiger partial charge on any atom is 0.112 e. The second-order valence-corrected chi connectivity index (χ2v) is 13.3.